The Hall–Kier alpha value is -2.12. The molecule has 0 aliphatic heterocycles. The molecule has 7 heteroatoms. The van der Waals surface area contributed by atoms with Gasteiger partial charge in [-0.2, -0.15) is 11.8 Å². The van der Waals surface area contributed by atoms with Crippen molar-refractivity contribution in [1.29, 1.82) is 0 Å². The van der Waals surface area contributed by atoms with E-state index >= 15 is 0 Å². The van der Waals surface area contributed by atoms with Crippen molar-refractivity contribution < 1.29 is 19.1 Å². The molecule has 0 unspecified atom stereocenters. The number of carbonyl (C=O) groups excluding carboxylic acids is 2. The molecule has 0 heterocycles. The number of esters is 1. The van der Waals surface area contributed by atoms with Crippen molar-refractivity contribution in [3.8, 4) is 5.75 Å². The van der Waals surface area contributed by atoms with Crippen molar-refractivity contribution in [2.24, 2.45) is 0 Å². The lowest BCUT2D eigenvalue weighted by Gasteiger charge is -2.18. The molecule has 1 atom stereocenters. The predicted molar refractivity (Wildman–Crippen MR) is 115 cm³/mol. The number of nitrogens with one attached hydrogen (secondary N) is 1. The fourth-order valence-electron chi connectivity index (χ4n) is 2.53. The fraction of sp³-hybridized carbons (Fsp3) is 0.333. The Morgan fingerprint density at radius 1 is 1.07 bits per heavy atom. The van der Waals surface area contributed by atoms with Gasteiger partial charge in [-0.3, -0.25) is 4.79 Å². The zero-order valence-corrected chi connectivity index (χ0v) is 17.9. The number of ether oxygens (including phenoxy) is 2. The first kappa shape index (κ1) is 22.2. The Morgan fingerprint density at radius 3 is 2.43 bits per heavy atom. The van der Waals surface area contributed by atoms with Gasteiger partial charge >= 0.3 is 5.97 Å². The summed E-state index contributed by atoms with van der Waals surface area (Å²) in [6, 6.07) is 14.1. The Morgan fingerprint density at radius 2 is 1.79 bits per heavy atom. The standard InChI is InChI=1S/C21H25NO4S2/c1-25-19-7-5-4-6-17(19)20(23)22-18(12-13-27-2)21(24)26-14-15-8-10-16(28-3)11-9-15/h4-11,18H,12-14H2,1-3H3,(H,22,23)/t18-/m0/s1. The highest BCUT2D eigenvalue weighted by molar-refractivity contribution is 7.98. The van der Waals surface area contributed by atoms with Crippen LogP contribution in [0.2, 0.25) is 0 Å². The van der Waals surface area contributed by atoms with Crippen LogP contribution >= 0.6 is 23.5 Å². The maximum absolute atomic E-state index is 12.6. The summed E-state index contributed by atoms with van der Waals surface area (Å²) in [5.41, 5.74) is 1.30. The second-order valence-corrected chi connectivity index (χ2v) is 7.83. The second-order valence-electron chi connectivity index (χ2n) is 5.96. The average Bonchev–Trinajstić information content (AvgIpc) is 2.75. The molecule has 0 saturated heterocycles. The molecule has 0 aliphatic rings. The Kier molecular flexibility index (Phi) is 9.23. The van der Waals surface area contributed by atoms with Gasteiger partial charge in [0.2, 0.25) is 0 Å². The maximum Gasteiger partial charge on any atom is 0.329 e. The smallest absolute Gasteiger partial charge is 0.329 e. The SMILES string of the molecule is COc1ccccc1C(=O)N[C@@H](CCSC)C(=O)OCc1ccc(SC)cc1. The van der Waals surface area contributed by atoms with Gasteiger partial charge in [0.15, 0.2) is 0 Å². The van der Waals surface area contributed by atoms with Crippen LogP contribution in [0.3, 0.4) is 0 Å². The van der Waals surface area contributed by atoms with Gasteiger partial charge in [0.1, 0.15) is 18.4 Å². The van der Waals surface area contributed by atoms with Crippen molar-refractivity contribution in [3.05, 3.63) is 59.7 Å². The molecule has 0 spiro atoms. The molecule has 0 aliphatic carbocycles. The van der Waals surface area contributed by atoms with Crippen LogP contribution in [0.25, 0.3) is 0 Å². The zero-order valence-electron chi connectivity index (χ0n) is 16.3. The first-order chi connectivity index (χ1) is 13.6. The number of thioether (sulfide) groups is 2. The molecule has 28 heavy (non-hydrogen) atoms. The fourth-order valence-corrected chi connectivity index (χ4v) is 3.41. The van der Waals surface area contributed by atoms with E-state index in [1.54, 1.807) is 47.8 Å². The zero-order chi connectivity index (χ0) is 20.4. The Bertz CT molecular complexity index is 780. The van der Waals surface area contributed by atoms with E-state index < -0.39 is 12.0 Å². The van der Waals surface area contributed by atoms with Crippen LogP contribution in [0.15, 0.2) is 53.4 Å². The number of carbonyl (C=O) groups is 2. The summed E-state index contributed by atoms with van der Waals surface area (Å²) >= 11 is 3.27. The van der Waals surface area contributed by atoms with Gasteiger partial charge in [0, 0.05) is 4.90 Å². The monoisotopic (exact) mass is 419 g/mol. The van der Waals surface area contributed by atoms with Gasteiger partial charge in [-0.15, -0.1) is 11.8 Å². The highest BCUT2D eigenvalue weighted by Gasteiger charge is 2.24. The number of rotatable bonds is 10. The normalized spacial score (nSPS) is 11.5. The van der Waals surface area contributed by atoms with Gasteiger partial charge < -0.3 is 14.8 Å². The minimum absolute atomic E-state index is 0.174. The van der Waals surface area contributed by atoms with E-state index in [0.717, 1.165) is 16.2 Å². The van der Waals surface area contributed by atoms with Crippen LogP contribution in [0, 0.1) is 0 Å². The van der Waals surface area contributed by atoms with Crippen LogP contribution in [0.4, 0.5) is 0 Å². The van der Waals surface area contributed by atoms with E-state index in [1.165, 1.54) is 7.11 Å². The number of methoxy groups -OCH3 is 1. The third kappa shape index (κ3) is 6.49. The Labute approximate surface area is 174 Å². The Balaban J connectivity index is 2.02. The third-order valence-electron chi connectivity index (χ3n) is 4.09. The molecule has 1 amide bonds. The predicted octanol–water partition coefficient (Wildman–Crippen LogP) is 4.01. The number of hydrogen-bond acceptors (Lipinski definition) is 6. The molecule has 2 aromatic rings. The van der Waals surface area contributed by atoms with Crippen LogP contribution in [-0.2, 0) is 16.1 Å². The molecule has 1 N–H and O–H groups in total. The van der Waals surface area contributed by atoms with Gasteiger partial charge in [-0.05, 0) is 54.5 Å². The average molecular weight is 420 g/mol. The van der Waals surface area contributed by atoms with E-state index in [9.17, 15) is 9.59 Å². The van der Waals surface area contributed by atoms with Crippen LogP contribution < -0.4 is 10.1 Å². The van der Waals surface area contributed by atoms with E-state index in [2.05, 4.69) is 5.32 Å². The highest BCUT2D eigenvalue weighted by atomic mass is 32.2. The van der Waals surface area contributed by atoms with Gasteiger partial charge in [-0.1, -0.05) is 24.3 Å². The van der Waals surface area contributed by atoms with Gasteiger partial charge in [0.05, 0.1) is 12.7 Å². The first-order valence-electron chi connectivity index (χ1n) is 8.81. The molecule has 0 aromatic heterocycles. The summed E-state index contributed by atoms with van der Waals surface area (Å²) < 4.78 is 10.7. The quantitative estimate of drug-likeness (QED) is 0.464. The van der Waals surface area contributed by atoms with Crippen molar-refractivity contribution in [2.45, 2.75) is 24.0 Å². The molecule has 0 fully saturated rings. The summed E-state index contributed by atoms with van der Waals surface area (Å²) in [6.07, 6.45) is 4.46. The summed E-state index contributed by atoms with van der Waals surface area (Å²) in [5, 5.41) is 2.79. The van der Waals surface area contributed by atoms with E-state index in [1.807, 2.05) is 36.8 Å². The highest BCUT2D eigenvalue weighted by Crippen LogP contribution is 2.18. The van der Waals surface area contributed by atoms with Crippen molar-refractivity contribution in [2.75, 3.05) is 25.4 Å². The number of benzene rings is 2. The largest absolute Gasteiger partial charge is 0.496 e. The van der Waals surface area contributed by atoms with E-state index in [-0.39, 0.29) is 12.5 Å². The molecule has 2 aromatic carbocycles. The van der Waals surface area contributed by atoms with Crippen molar-refractivity contribution >= 4 is 35.4 Å². The number of para-hydroxylation sites is 1. The molecule has 5 nitrogen and oxygen atoms in total. The summed E-state index contributed by atoms with van der Waals surface area (Å²) in [7, 11) is 1.51. The van der Waals surface area contributed by atoms with Gasteiger partial charge in [-0.25, -0.2) is 4.79 Å². The lowest BCUT2D eigenvalue weighted by Crippen LogP contribution is -2.42. The van der Waals surface area contributed by atoms with E-state index in [0.29, 0.717) is 17.7 Å². The topological polar surface area (TPSA) is 64.6 Å². The summed E-state index contributed by atoms with van der Waals surface area (Å²) in [4.78, 5) is 26.4. The lowest BCUT2D eigenvalue weighted by molar-refractivity contribution is -0.147. The molecule has 150 valence electrons. The number of amides is 1. The van der Waals surface area contributed by atoms with Crippen molar-refractivity contribution in [3.63, 3.8) is 0 Å². The van der Waals surface area contributed by atoms with Gasteiger partial charge in [0.25, 0.3) is 5.91 Å². The minimum atomic E-state index is -0.713. The number of hydrogen-bond donors (Lipinski definition) is 1. The molecular formula is C21H25NO4S2. The van der Waals surface area contributed by atoms with Crippen LogP contribution in [0.5, 0.6) is 5.75 Å². The first-order valence-corrected chi connectivity index (χ1v) is 11.4. The summed E-state index contributed by atoms with van der Waals surface area (Å²) in [5.74, 6) is 0.399. The molecular weight excluding hydrogens is 394 g/mol. The van der Waals surface area contributed by atoms with Crippen LogP contribution in [-0.4, -0.2) is 43.3 Å². The lowest BCUT2D eigenvalue weighted by atomic mass is 10.1. The molecule has 0 saturated carbocycles. The third-order valence-corrected chi connectivity index (χ3v) is 5.48. The second kappa shape index (κ2) is 11.7. The maximum atomic E-state index is 12.6. The molecule has 0 bridgehead atoms. The van der Waals surface area contributed by atoms with E-state index in [4.69, 9.17) is 9.47 Å². The van der Waals surface area contributed by atoms with Crippen molar-refractivity contribution in [1.82, 2.24) is 5.32 Å². The van der Waals surface area contributed by atoms with Crippen LogP contribution in [0.1, 0.15) is 22.3 Å². The summed E-state index contributed by atoms with van der Waals surface area (Å²) in [6.45, 7) is 0.174. The minimum Gasteiger partial charge on any atom is -0.496 e. The molecule has 2 rings (SSSR count). The molecule has 0 radical (unpaired) electrons.